The Balaban J connectivity index is 1.96. The van der Waals surface area contributed by atoms with E-state index in [4.69, 9.17) is 5.84 Å². The summed E-state index contributed by atoms with van der Waals surface area (Å²) in [5.41, 5.74) is 0. The minimum Gasteiger partial charge on any atom is -0.301 e. The van der Waals surface area contributed by atoms with Gasteiger partial charge in [-0.25, -0.2) is 5.01 Å². The fourth-order valence-electron chi connectivity index (χ4n) is 1.75. The van der Waals surface area contributed by atoms with Gasteiger partial charge in [0.15, 0.2) is 0 Å². The van der Waals surface area contributed by atoms with Crippen LogP contribution in [0.2, 0.25) is 0 Å². The van der Waals surface area contributed by atoms with E-state index in [-0.39, 0.29) is 0 Å². The van der Waals surface area contributed by atoms with Gasteiger partial charge < -0.3 is 4.90 Å². The summed E-state index contributed by atoms with van der Waals surface area (Å²) in [6.07, 6.45) is 5.46. The third kappa shape index (κ3) is 4.60. The molecule has 0 aromatic carbocycles. The highest BCUT2D eigenvalue weighted by atomic mass is 15.4. The lowest BCUT2D eigenvalue weighted by atomic mass is 10.2. The summed E-state index contributed by atoms with van der Waals surface area (Å²) >= 11 is 0. The molecule has 0 bridgehead atoms. The molecule has 1 aliphatic heterocycles. The van der Waals surface area contributed by atoms with Gasteiger partial charge in [0, 0.05) is 26.2 Å². The molecule has 2 N–H and O–H groups in total. The Morgan fingerprint density at radius 2 is 1.69 bits per heavy atom. The highest BCUT2D eigenvalue weighted by Crippen LogP contribution is 2.03. The number of nitrogens with zero attached hydrogens (tertiary/aromatic N) is 2. The molecular weight excluding hydrogens is 162 g/mol. The van der Waals surface area contributed by atoms with E-state index in [1.807, 2.05) is 5.01 Å². The molecule has 0 radical (unpaired) electrons. The van der Waals surface area contributed by atoms with Gasteiger partial charge in [-0.2, -0.15) is 0 Å². The molecule has 0 aromatic rings. The Hall–Kier alpha value is -0.120. The summed E-state index contributed by atoms with van der Waals surface area (Å²) in [6, 6.07) is 0. The van der Waals surface area contributed by atoms with Crippen molar-refractivity contribution in [1.29, 1.82) is 0 Å². The van der Waals surface area contributed by atoms with Gasteiger partial charge in [0.1, 0.15) is 0 Å². The Morgan fingerprint density at radius 1 is 1.00 bits per heavy atom. The molecule has 3 heteroatoms. The predicted octanol–water partition coefficient (Wildman–Crippen LogP) is 1.06. The number of hydrogen-bond acceptors (Lipinski definition) is 3. The van der Waals surface area contributed by atoms with Crippen LogP contribution in [0.15, 0.2) is 0 Å². The van der Waals surface area contributed by atoms with E-state index < -0.39 is 0 Å². The van der Waals surface area contributed by atoms with E-state index in [9.17, 15) is 0 Å². The van der Waals surface area contributed by atoms with Gasteiger partial charge >= 0.3 is 0 Å². The van der Waals surface area contributed by atoms with Crippen LogP contribution in [0.4, 0.5) is 0 Å². The first kappa shape index (κ1) is 11.0. The van der Waals surface area contributed by atoms with Gasteiger partial charge in [0.05, 0.1) is 0 Å². The van der Waals surface area contributed by atoms with Crippen LogP contribution in [0.1, 0.15) is 32.6 Å². The first-order valence-electron chi connectivity index (χ1n) is 5.55. The van der Waals surface area contributed by atoms with Crippen LogP contribution in [-0.4, -0.2) is 42.6 Å². The number of unbranched alkanes of at least 4 members (excludes halogenated alkanes) is 3. The number of nitrogens with two attached hydrogens (primary N) is 1. The van der Waals surface area contributed by atoms with Crippen molar-refractivity contribution in [3.8, 4) is 0 Å². The van der Waals surface area contributed by atoms with Gasteiger partial charge in [-0.3, -0.25) is 5.84 Å². The van der Waals surface area contributed by atoms with Crippen molar-refractivity contribution < 1.29 is 0 Å². The van der Waals surface area contributed by atoms with Crippen LogP contribution in [0.5, 0.6) is 0 Å². The second-order valence-corrected chi connectivity index (χ2v) is 3.94. The van der Waals surface area contributed by atoms with E-state index in [1.165, 1.54) is 32.2 Å². The highest BCUT2D eigenvalue weighted by Gasteiger charge is 2.12. The number of rotatable bonds is 5. The largest absolute Gasteiger partial charge is 0.301 e. The molecule has 0 saturated carbocycles. The lowest BCUT2D eigenvalue weighted by Gasteiger charge is -2.31. The first-order valence-corrected chi connectivity index (χ1v) is 5.55. The molecule has 0 unspecified atom stereocenters. The number of hydrogen-bond donors (Lipinski definition) is 1. The zero-order chi connectivity index (χ0) is 9.52. The molecule has 0 aromatic heterocycles. The first-order chi connectivity index (χ1) is 6.33. The molecule has 1 saturated heterocycles. The molecule has 0 amide bonds. The SMILES string of the molecule is CCCCCCN1CCN(N)CC1. The van der Waals surface area contributed by atoms with Crippen LogP contribution in [-0.2, 0) is 0 Å². The Kier molecular flexibility index (Phi) is 5.35. The monoisotopic (exact) mass is 185 g/mol. The van der Waals surface area contributed by atoms with Crippen LogP contribution < -0.4 is 5.84 Å². The molecule has 0 aliphatic carbocycles. The third-order valence-corrected chi connectivity index (χ3v) is 2.73. The molecule has 0 atom stereocenters. The summed E-state index contributed by atoms with van der Waals surface area (Å²) in [6.45, 7) is 7.91. The molecule has 3 nitrogen and oxygen atoms in total. The average molecular weight is 185 g/mol. The highest BCUT2D eigenvalue weighted by molar-refractivity contribution is 4.67. The fraction of sp³-hybridized carbons (Fsp3) is 1.00. The van der Waals surface area contributed by atoms with Crippen LogP contribution in [0, 0.1) is 0 Å². The molecular formula is C10H23N3. The summed E-state index contributed by atoms with van der Waals surface area (Å²) in [4.78, 5) is 2.53. The lowest BCUT2D eigenvalue weighted by molar-refractivity contribution is 0.132. The molecule has 0 spiro atoms. The van der Waals surface area contributed by atoms with E-state index in [2.05, 4.69) is 11.8 Å². The lowest BCUT2D eigenvalue weighted by Crippen LogP contribution is -2.49. The molecule has 1 aliphatic rings. The van der Waals surface area contributed by atoms with Crippen molar-refractivity contribution in [1.82, 2.24) is 9.91 Å². The van der Waals surface area contributed by atoms with Crippen molar-refractivity contribution >= 4 is 0 Å². The van der Waals surface area contributed by atoms with Gasteiger partial charge in [-0.05, 0) is 13.0 Å². The van der Waals surface area contributed by atoms with Crippen LogP contribution in [0.3, 0.4) is 0 Å². The third-order valence-electron chi connectivity index (χ3n) is 2.73. The van der Waals surface area contributed by atoms with Gasteiger partial charge in [-0.15, -0.1) is 0 Å². The van der Waals surface area contributed by atoms with Crippen molar-refractivity contribution in [3.05, 3.63) is 0 Å². The molecule has 1 rings (SSSR count). The quantitative estimate of drug-likeness (QED) is 0.513. The van der Waals surface area contributed by atoms with Crippen LogP contribution in [0.25, 0.3) is 0 Å². The van der Waals surface area contributed by atoms with E-state index in [1.54, 1.807) is 0 Å². The Labute approximate surface area is 81.8 Å². The molecule has 78 valence electrons. The van der Waals surface area contributed by atoms with Crippen LogP contribution >= 0.6 is 0 Å². The molecule has 13 heavy (non-hydrogen) atoms. The van der Waals surface area contributed by atoms with E-state index in [0.29, 0.717) is 0 Å². The summed E-state index contributed by atoms with van der Waals surface area (Å²) in [7, 11) is 0. The Morgan fingerprint density at radius 3 is 2.31 bits per heavy atom. The van der Waals surface area contributed by atoms with Gasteiger partial charge in [-0.1, -0.05) is 26.2 Å². The Bertz CT molecular complexity index is 119. The minimum atomic E-state index is 1.04. The predicted molar refractivity (Wildman–Crippen MR) is 56.3 cm³/mol. The second kappa shape index (κ2) is 6.35. The summed E-state index contributed by atoms with van der Waals surface area (Å²) in [5, 5.41) is 1.92. The zero-order valence-electron chi connectivity index (χ0n) is 8.84. The van der Waals surface area contributed by atoms with Gasteiger partial charge in [0.2, 0.25) is 0 Å². The van der Waals surface area contributed by atoms with E-state index >= 15 is 0 Å². The summed E-state index contributed by atoms with van der Waals surface area (Å²) < 4.78 is 0. The molecule has 1 heterocycles. The smallest absolute Gasteiger partial charge is 0.0257 e. The second-order valence-electron chi connectivity index (χ2n) is 3.94. The maximum atomic E-state index is 5.68. The van der Waals surface area contributed by atoms with E-state index in [0.717, 1.165) is 26.2 Å². The average Bonchev–Trinajstić information content (AvgIpc) is 2.15. The van der Waals surface area contributed by atoms with Crippen molar-refractivity contribution in [2.75, 3.05) is 32.7 Å². The van der Waals surface area contributed by atoms with Crippen molar-refractivity contribution in [3.63, 3.8) is 0 Å². The van der Waals surface area contributed by atoms with Gasteiger partial charge in [0.25, 0.3) is 0 Å². The summed E-state index contributed by atoms with van der Waals surface area (Å²) in [5.74, 6) is 5.68. The normalized spacial score (nSPS) is 20.8. The number of piperazine rings is 1. The maximum Gasteiger partial charge on any atom is 0.0257 e. The van der Waals surface area contributed by atoms with Crippen molar-refractivity contribution in [2.45, 2.75) is 32.6 Å². The standard InChI is InChI=1S/C10H23N3/c1-2-3-4-5-6-12-7-9-13(11)10-8-12/h2-11H2,1H3. The maximum absolute atomic E-state index is 5.68. The zero-order valence-corrected chi connectivity index (χ0v) is 8.84. The van der Waals surface area contributed by atoms with Crippen molar-refractivity contribution in [2.24, 2.45) is 5.84 Å². The topological polar surface area (TPSA) is 32.5 Å². The number of hydrazine groups is 1. The molecule has 1 fully saturated rings. The minimum absolute atomic E-state index is 1.04. The fourth-order valence-corrected chi connectivity index (χ4v) is 1.75.